The third-order valence-corrected chi connectivity index (χ3v) is 3.78. The molecule has 1 fully saturated rings. The van der Waals surface area contributed by atoms with Crippen molar-refractivity contribution in [1.29, 1.82) is 0 Å². The standard InChI is InChI=1S/C12H19N3O3/c1-8-5-6-15(10(8)7-16)12(18)9-3-4-11(17)14(2)13-9/h8,10,16H,3-7H2,1-2H3. The number of carbonyl (C=O) groups excluding carboxylic acids is 2. The fourth-order valence-corrected chi connectivity index (χ4v) is 2.53. The predicted molar refractivity (Wildman–Crippen MR) is 65.8 cm³/mol. The maximum absolute atomic E-state index is 12.3. The second-order valence-corrected chi connectivity index (χ2v) is 4.98. The van der Waals surface area contributed by atoms with E-state index >= 15 is 0 Å². The van der Waals surface area contributed by atoms with Crippen molar-refractivity contribution >= 4 is 17.5 Å². The Morgan fingerprint density at radius 2 is 2.22 bits per heavy atom. The second-order valence-electron chi connectivity index (χ2n) is 4.98. The van der Waals surface area contributed by atoms with Crippen LogP contribution in [0.2, 0.25) is 0 Å². The summed E-state index contributed by atoms with van der Waals surface area (Å²) >= 11 is 0. The molecule has 6 heteroatoms. The Labute approximate surface area is 106 Å². The van der Waals surface area contributed by atoms with E-state index in [2.05, 4.69) is 5.10 Å². The number of hydrogen-bond donors (Lipinski definition) is 1. The third-order valence-electron chi connectivity index (χ3n) is 3.78. The van der Waals surface area contributed by atoms with Crippen molar-refractivity contribution in [1.82, 2.24) is 9.91 Å². The summed E-state index contributed by atoms with van der Waals surface area (Å²) in [5.41, 5.74) is 0.421. The van der Waals surface area contributed by atoms with Crippen molar-refractivity contribution in [3.63, 3.8) is 0 Å². The molecule has 2 aliphatic heterocycles. The number of rotatable bonds is 2. The molecule has 18 heavy (non-hydrogen) atoms. The van der Waals surface area contributed by atoms with Gasteiger partial charge in [0, 0.05) is 26.4 Å². The van der Waals surface area contributed by atoms with Gasteiger partial charge < -0.3 is 10.0 Å². The Balaban J connectivity index is 2.12. The first-order valence-corrected chi connectivity index (χ1v) is 6.30. The van der Waals surface area contributed by atoms with E-state index in [1.807, 2.05) is 6.92 Å². The molecule has 0 aliphatic carbocycles. The van der Waals surface area contributed by atoms with E-state index in [1.54, 1.807) is 11.9 Å². The number of aliphatic hydroxyl groups is 1. The molecule has 0 radical (unpaired) electrons. The topological polar surface area (TPSA) is 73.2 Å². The molecule has 2 rings (SSSR count). The van der Waals surface area contributed by atoms with Crippen molar-refractivity contribution in [2.45, 2.75) is 32.2 Å². The molecule has 2 amide bonds. The van der Waals surface area contributed by atoms with Crippen molar-refractivity contribution in [3.8, 4) is 0 Å². The van der Waals surface area contributed by atoms with Crippen molar-refractivity contribution in [3.05, 3.63) is 0 Å². The Kier molecular flexibility index (Phi) is 3.65. The summed E-state index contributed by atoms with van der Waals surface area (Å²) in [4.78, 5) is 25.3. The first-order chi connectivity index (χ1) is 8.54. The van der Waals surface area contributed by atoms with E-state index in [9.17, 15) is 14.7 Å². The minimum atomic E-state index is -0.141. The molecule has 0 bridgehead atoms. The average molecular weight is 253 g/mol. The number of likely N-dealkylation sites (tertiary alicyclic amines) is 1. The van der Waals surface area contributed by atoms with E-state index < -0.39 is 0 Å². The van der Waals surface area contributed by atoms with Gasteiger partial charge in [-0.1, -0.05) is 6.92 Å². The smallest absolute Gasteiger partial charge is 0.270 e. The first-order valence-electron chi connectivity index (χ1n) is 6.30. The van der Waals surface area contributed by atoms with E-state index in [1.165, 1.54) is 5.01 Å². The second kappa shape index (κ2) is 5.06. The number of carbonyl (C=O) groups is 2. The van der Waals surface area contributed by atoms with Gasteiger partial charge in [0.25, 0.3) is 5.91 Å². The van der Waals surface area contributed by atoms with Crippen LogP contribution in [0.1, 0.15) is 26.2 Å². The van der Waals surface area contributed by atoms with E-state index in [-0.39, 0.29) is 24.5 Å². The third kappa shape index (κ3) is 2.25. The molecular formula is C12H19N3O3. The summed E-state index contributed by atoms with van der Waals surface area (Å²) in [6.45, 7) is 2.67. The highest BCUT2D eigenvalue weighted by Crippen LogP contribution is 2.24. The van der Waals surface area contributed by atoms with Gasteiger partial charge in [-0.3, -0.25) is 9.59 Å². The minimum absolute atomic E-state index is 0.0189. The molecule has 2 heterocycles. The molecule has 2 atom stereocenters. The molecule has 1 saturated heterocycles. The van der Waals surface area contributed by atoms with Gasteiger partial charge in [-0.2, -0.15) is 5.10 Å². The van der Waals surface area contributed by atoms with Gasteiger partial charge in [0.1, 0.15) is 5.71 Å². The summed E-state index contributed by atoms with van der Waals surface area (Å²) in [6, 6.07) is -0.122. The lowest BCUT2D eigenvalue weighted by Gasteiger charge is -2.27. The van der Waals surface area contributed by atoms with Gasteiger partial charge in [0.2, 0.25) is 5.91 Å². The van der Waals surface area contributed by atoms with Gasteiger partial charge in [0.05, 0.1) is 12.6 Å². The van der Waals surface area contributed by atoms with Crippen molar-refractivity contribution < 1.29 is 14.7 Å². The van der Waals surface area contributed by atoms with Gasteiger partial charge >= 0.3 is 0 Å². The van der Waals surface area contributed by atoms with Crippen LogP contribution in [0.5, 0.6) is 0 Å². The molecule has 2 aliphatic rings. The number of nitrogens with zero attached hydrogens (tertiary/aromatic N) is 3. The molecule has 100 valence electrons. The maximum Gasteiger partial charge on any atom is 0.270 e. The number of hydrogen-bond acceptors (Lipinski definition) is 4. The largest absolute Gasteiger partial charge is 0.394 e. The van der Waals surface area contributed by atoms with Crippen LogP contribution >= 0.6 is 0 Å². The number of hydrazone groups is 1. The van der Waals surface area contributed by atoms with E-state index in [4.69, 9.17) is 0 Å². The average Bonchev–Trinajstić information content (AvgIpc) is 2.73. The molecule has 2 unspecified atom stereocenters. The Morgan fingerprint density at radius 1 is 1.50 bits per heavy atom. The fourth-order valence-electron chi connectivity index (χ4n) is 2.53. The van der Waals surface area contributed by atoms with Gasteiger partial charge in [0.15, 0.2) is 0 Å². The highest BCUT2D eigenvalue weighted by molar-refractivity contribution is 6.39. The van der Waals surface area contributed by atoms with Crippen LogP contribution in [0.3, 0.4) is 0 Å². The highest BCUT2D eigenvalue weighted by atomic mass is 16.3. The molecule has 0 aromatic heterocycles. The Hall–Kier alpha value is -1.43. The molecule has 0 saturated carbocycles. The summed E-state index contributed by atoms with van der Waals surface area (Å²) in [7, 11) is 1.56. The Bertz CT molecular complexity index is 394. The molecule has 0 spiro atoms. The summed E-state index contributed by atoms with van der Waals surface area (Å²) < 4.78 is 0. The molecular weight excluding hydrogens is 234 g/mol. The van der Waals surface area contributed by atoms with Crippen molar-refractivity contribution in [2.75, 3.05) is 20.2 Å². The van der Waals surface area contributed by atoms with Crippen molar-refractivity contribution in [2.24, 2.45) is 11.0 Å². The van der Waals surface area contributed by atoms with Crippen LogP contribution < -0.4 is 0 Å². The van der Waals surface area contributed by atoms with Crippen LogP contribution in [-0.2, 0) is 9.59 Å². The minimum Gasteiger partial charge on any atom is -0.394 e. The SMILES string of the molecule is CC1CCN(C(=O)C2=NN(C)C(=O)CC2)C1CO. The van der Waals surface area contributed by atoms with Gasteiger partial charge in [-0.05, 0) is 12.3 Å². The van der Waals surface area contributed by atoms with Gasteiger partial charge in [-0.25, -0.2) is 5.01 Å². The summed E-state index contributed by atoms with van der Waals surface area (Å²) in [5.74, 6) is 0.0975. The predicted octanol–water partition coefficient (Wildman–Crippen LogP) is -0.176. The van der Waals surface area contributed by atoms with E-state index in [0.29, 0.717) is 31.0 Å². The molecule has 0 aromatic carbocycles. The van der Waals surface area contributed by atoms with Crippen LogP contribution in [0.4, 0.5) is 0 Å². The normalized spacial score (nSPS) is 28.6. The van der Waals surface area contributed by atoms with Crippen LogP contribution in [0.15, 0.2) is 5.10 Å². The quantitative estimate of drug-likeness (QED) is 0.742. The Morgan fingerprint density at radius 3 is 2.83 bits per heavy atom. The zero-order valence-electron chi connectivity index (χ0n) is 10.8. The monoisotopic (exact) mass is 253 g/mol. The molecule has 6 nitrogen and oxygen atoms in total. The van der Waals surface area contributed by atoms with E-state index in [0.717, 1.165) is 6.42 Å². The lowest BCUT2D eigenvalue weighted by molar-refractivity contribution is -0.131. The first kappa shape index (κ1) is 13.0. The maximum atomic E-state index is 12.3. The number of amides is 2. The lowest BCUT2D eigenvalue weighted by atomic mass is 10.0. The lowest BCUT2D eigenvalue weighted by Crippen LogP contribution is -2.45. The van der Waals surface area contributed by atoms with Crippen LogP contribution in [0, 0.1) is 5.92 Å². The molecule has 0 aromatic rings. The van der Waals surface area contributed by atoms with Crippen LogP contribution in [0.25, 0.3) is 0 Å². The molecule has 1 N–H and O–H groups in total. The fraction of sp³-hybridized carbons (Fsp3) is 0.750. The summed E-state index contributed by atoms with van der Waals surface area (Å²) in [5, 5.41) is 14.6. The highest BCUT2D eigenvalue weighted by Gasteiger charge is 2.36. The zero-order chi connectivity index (χ0) is 13.3. The number of aliphatic hydroxyl groups excluding tert-OH is 1. The zero-order valence-corrected chi connectivity index (χ0v) is 10.8. The van der Waals surface area contributed by atoms with Gasteiger partial charge in [-0.15, -0.1) is 0 Å². The van der Waals surface area contributed by atoms with Crippen LogP contribution in [-0.4, -0.2) is 58.8 Å². The summed E-state index contributed by atoms with van der Waals surface area (Å²) in [6.07, 6.45) is 1.62.